The Balaban J connectivity index is 1.66. The smallest absolute Gasteiger partial charge is 0.233 e. The first-order valence-electron chi connectivity index (χ1n) is 9.12. The van der Waals surface area contributed by atoms with Crippen LogP contribution >= 0.6 is 11.8 Å². The first-order chi connectivity index (χ1) is 12.0. The standard InChI is InChI=1S/C20H27N3OS/c1-14-7-6-9-17(13-14)23-12-11-21-20(23)25-16(3)19(24)22-18-10-5-4-8-15(18)2/h6-7,9,11-13,15-16,18H,4-5,8,10H2,1-3H3,(H,22,24)/t15-,16-,18+/m0/s1. The molecule has 134 valence electrons. The van der Waals surface area contributed by atoms with Crippen LogP contribution in [0, 0.1) is 12.8 Å². The summed E-state index contributed by atoms with van der Waals surface area (Å²) in [5.41, 5.74) is 2.28. The van der Waals surface area contributed by atoms with Gasteiger partial charge in [-0.15, -0.1) is 0 Å². The highest BCUT2D eigenvalue weighted by molar-refractivity contribution is 8.00. The number of benzene rings is 1. The number of thioether (sulfide) groups is 1. The summed E-state index contributed by atoms with van der Waals surface area (Å²) in [6.07, 6.45) is 8.55. The van der Waals surface area contributed by atoms with Gasteiger partial charge >= 0.3 is 0 Å². The maximum atomic E-state index is 12.6. The second kappa shape index (κ2) is 8.09. The highest BCUT2D eigenvalue weighted by Crippen LogP contribution is 2.27. The molecule has 0 spiro atoms. The molecule has 5 heteroatoms. The molecule has 0 bridgehead atoms. The van der Waals surface area contributed by atoms with Gasteiger partial charge in [0.15, 0.2) is 5.16 Å². The fourth-order valence-electron chi connectivity index (χ4n) is 3.39. The van der Waals surface area contributed by atoms with Gasteiger partial charge in [0.1, 0.15) is 0 Å². The number of imidazole rings is 1. The third kappa shape index (κ3) is 4.46. The summed E-state index contributed by atoms with van der Waals surface area (Å²) in [5, 5.41) is 3.94. The second-order valence-electron chi connectivity index (χ2n) is 7.06. The van der Waals surface area contributed by atoms with E-state index in [0.717, 1.165) is 17.3 Å². The van der Waals surface area contributed by atoms with Gasteiger partial charge in [0.25, 0.3) is 0 Å². The van der Waals surface area contributed by atoms with Gasteiger partial charge in [0.05, 0.1) is 5.25 Å². The van der Waals surface area contributed by atoms with E-state index in [0.29, 0.717) is 12.0 Å². The zero-order valence-corrected chi connectivity index (χ0v) is 16.1. The topological polar surface area (TPSA) is 46.9 Å². The van der Waals surface area contributed by atoms with Gasteiger partial charge < -0.3 is 5.32 Å². The van der Waals surface area contributed by atoms with E-state index in [9.17, 15) is 4.79 Å². The van der Waals surface area contributed by atoms with Crippen LogP contribution in [0.2, 0.25) is 0 Å². The molecule has 4 nitrogen and oxygen atoms in total. The van der Waals surface area contributed by atoms with Crippen LogP contribution in [0.4, 0.5) is 0 Å². The van der Waals surface area contributed by atoms with E-state index in [4.69, 9.17) is 0 Å². The number of rotatable bonds is 5. The number of aryl methyl sites for hydroxylation is 1. The minimum absolute atomic E-state index is 0.113. The van der Waals surface area contributed by atoms with Crippen LogP contribution in [0.1, 0.15) is 45.1 Å². The van der Waals surface area contributed by atoms with Crippen LogP contribution in [-0.4, -0.2) is 26.8 Å². The Kier molecular flexibility index (Phi) is 5.84. The molecule has 1 aromatic carbocycles. The van der Waals surface area contributed by atoms with Crippen LogP contribution in [0.3, 0.4) is 0 Å². The van der Waals surface area contributed by atoms with E-state index >= 15 is 0 Å². The lowest BCUT2D eigenvalue weighted by atomic mass is 9.86. The number of carbonyl (C=O) groups is 1. The number of aromatic nitrogens is 2. The van der Waals surface area contributed by atoms with Crippen molar-refractivity contribution in [3.8, 4) is 5.69 Å². The molecular weight excluding hydrogens is 330 g/mol. The highest BCUT2D eigenvalue weighted by atomic mass is 32.2. The summed E-state index contributed by atoms with van der Waals surface area (Å²) in [4.78, 5) is 17.1. The number of amides is 1. The summed E-state index contributed by atoms with van der Waals surface area (Å²) >= 11 is 1.52. The lowest BCUT2D eigenvalue weighted by Crippen LogP contribution is -2.44. The summed E-state index contributed by atoms with van der Waals surface area (Å²) < 4.78 is 2.05. The Morgan fingerprint density at radius 1 is 1.36 bits per heavy atom. The van der Waals surface area contributed by atoms with E-state index < -0.39 is 0 Å². The zero-order chi connectivity index (χ0) is 17.8. The van der Waals surface area contributed by atoms with Crippen molar-refractivity contribution < 1.29 is 4.79 Å². The third-order valence-corrected chi connectivity index (χ3v) is 6.06. The van der Waals surface area contributed by atoms with E-state index in [1.165, 1.54) is 36.6 Å². The molecule has 25 heavy (non-hydrogen) atoms. The number of carbonyl (C=O) groups excluding carboxylic acids is 1. The van der Waals surface area contributed by atoms with Gasteiger partial charge in [-0.1, -0.05) is 43.7 Å². The summed E-state index contributed by atoms with van der Waals surface area (Å²) in [5.74, 6) is 0.687. The van der Waals surface area contributed by atoms with Crippen molar-refractivity contribution in [2.45, 2.75) is 62.9 Å². The van der Waals surface area contributed by atoms with Gasteiger partial charge in [-0.3, -0.25) is 9.36 Å². The van der Waals surface area contributed by atoms with Crippen molar-refractivity contribution in [2.75, 3.05) is 0 Å². The molecule has 0 aliphatic heterocycles. The fourth-order valence-corrected chi connectivity index (χ4v) is 4.29. The summed E-state index contributed by atoms with van der Waals surface area (Å²) in [6, 6.07) is 8.63. The molecular formula is C20H27N3OS. The SMILES string of the molecule is Cc1cccc(-n2ccnc2S[C@@H](C)C(=O)N[C@@H]2CCCC[C@@H]2C)c1. The van der Waals surface area contributed by atoms with Crippen LogP contribution in [-0.2, 0) is 4.79 Å². The first kappa shape index (κ1) is 18.1. The molecule has 1 aliphatic rings. The Morgan fingerprint density at radius 2 is 2.16 bits per heavy atom. The monoisotopic (exact) mass is 357 g/mol. The lowest BCUT2D eigenvalue weighted by molar-refractivity contribution is -0.121. The van der Waals surface area contributed by atoms with Crippen LogP contribution in [0.15, 0.2) is 41.8 Å². The van der Waals surface area contributed by atoms with E-state index in [1.807, 2.05) is 23.8 Å². The molecule has 0 radical (unpaired) electrons. The molecule has 0 saturated heterocycles. The zero-order valence-electron chi connectivity index (χ0n) is 15.2. The molecule has 1 aromatic heterocycles. The molecule has 1 amide bonds. The third-order valence-electron chi connectivity index (χ3n) is 4.98. The molecule has 3 atom stereocenters. The van der Waals surface area contributed by atoms with Crippen LogP contribution in [0.25, 0.3) is 5.69 Å². The molecule has 1 fully saturated rings. The van der Waals surface area contributed by atoms with Crippen molar-refractivity contribution in [3.05, 3.63) is 42.2 Å². The molecule has 2 aromatic rings. The molecule has 1 saturated carbocycles. The Hall–Kier alpha value is -1.75. The van der Waals surface area contributed by atoms with E-state index in [2.05, 4.69) is 42.3 Å². The Morgan fingerprint density at radius 3 is 2.92 bits per heavy atom. The predicted molar refractivity (Wildman–Crippen MR) is 103 cm³/mol. The average Bonchev–Trinajstić information content (AvgIpc) is 3.05. The summed E-state index contributed by atoms with van der Waals surface area (Å²) in [6.45, 7) is 6.28. The quantitative estimate of drug-likeness (QED) is 0.809. The molecule has 1 heterocycles. The number of hydrogen-bond donors (Lipinski definition) is 1. The predicted octanol–water partition coefficient (Wildman–Crippen LogP) is 4.36. The number of nitrogens with one attached hydrogen (secondary N) is 1. The first-order valence-corrected chi connectivity index (χ1v) is 10.00. The maximum absolute atomic E-state index is 12.6. The molecule has 0 unspecified atom stereocenters. The van der Waals surface area contributed by atoms with Crippen LogP contribution < -0.4 is 5.32 Å². The van der Waals surface area contributed by atoms with Gasteiger partial charge in [-0.2, -0.15) is 0 Å². The van der Waals surface area contributed by atoms with Crippen molar-refractivity contribution in [2.24, 2.45) is 5.92 Å². The number of nitrogens with zero attached hydrogens (tertiary/aromatic N) is 2. The van der Waals surface area contributed by atoms with Gasteiger partial charge in [0.2, 0.25) is 5.91 Å². The largest absolute Gasteiger partial charge is 0.352 e. The average molecular weight is 358 g/mol. The highest BCUT2D eigenvalue weighted by Gasteiger charge is 2.25. The maximum Gasteiger partial charge on any atom is 0.233 e. The number of hydrogen-bond acceptors (Lipinski definition) is 3. The molecule has 1 N–H and O–H groups in total. The summed E-state index contributed by atoms with van der Waals surface area (Å²) in [7, 11) is 0. The van der Waals surface area contributed by atoms with Gasteiger partial charge in [-0.25, -0.2) is 4.98 Å². The van der Waals surface area contributed by atoms with Crippen molar-refractivity contribution in [1.29, 1.82) is 0 Å². The van der Waals surface area contributed by atoms with Gasteiger partial charge in [-0.05, 0) is 50.3 Å². The van der Waals surface area contributed by atoms with Crippen molar-refractivity contribution >= 4 is 17.7 Å². The molecule has 1 aliphatic carbocycles. The van der Waals surface area contributed by atoms with E-state index in [-0.39, 0.29) is 11.2 Å². The lowest BCUT2D eigenvalue weighted by Gasteiger charge is -2.30. The Bertz CT molecular complexity index is 727. The van der Waals surface area contributed by atoms with Crippen LogP contribution in [0.5, 0.6) is 0 Å². The second-order valence-corrected chi connectivity index (χ2v) is 8.36. The van der Waals surface area contributed by atoms with Crippen molar-refractivity contribution in [3.63, 3.8) is 0 Å². The Labute approximate surface area is 154 Å². The molecule has 3 rings (SSSR count). The van der Waals surface area contributed by atoms with Gasteiger partial charge in [0, 0.05) is 24.1 Å². The minimum atomic E-state index is -0.167. The van der Waals surface area contributed by atoms with Crippen molar-refractivity contribution in [1.82, 2.24) is 14.9 Å². The fraction of sp³-hybridized carbons (Fsp3) is 0.500. The van der Waals surface area contributed by atoms with E-state index in [1.54, 1.807) is 6.20 Å². The normalized spacial score (nSPS) is 21.7. The minimum Gasteiger partial charge on any atom is -0.352 e.